The minimum absolute atomic E-state index is 0.141. The summed E-state index contributed by atoms with van der Waals surface area (Å²) >= 11 is 0. The molecule has 0 heterocycles. The number of esters is 1. The van der Waals surface area contributed by atoms with Crippen molar-refractivity contribution in [3.8, 4) is 0 Å². The summed E-state index contributed by atoms with van der Waals surface area (Å²) in [5.41, 5.74) is 0. The highest BCUT2D eigenvalue weighted by Crippen LogP contribution is 2.10. The molecule has 1 N–H and O–H groups in total. The van der Waals surface area contributed by atoms with Crippen LogP contribution in [0.15, 0.2) is 0 Å². The van der Waals surface area contributed by atoms with Crippen LogP contribution < -0.4 is 0 Å². The third kappa shape index (κ3) is 7.74. The maximum atomic E-state index is 11.6. The SMILES string of the molecule is CC[C@@H](C)C(=O)O[C@@H](CC(=O)O)C[N+](C)(C)C. The van der Waals surface area contributed by atoms with Gasteiger partial charge in [0.2, 0.25) is 0 Å². The minimum Gasteiger partial charge on any atom is -0.481 e. The summed E-state index contributed by atoms with van der Waals surface area (Å²) in [6, 6.07) is 0. The molecule has 17 heavy (non-hydrogen) atoms. The predicted octanol–water partition coefficient (Wildman–Crippen LogP) is 1.13. The molecular weight excluding hydrogens is 222 g/mol. The van der Waals surface area contributed by atoms with Crippen molar-refractivity contribution in [1.29, 1.82) is 0 Å². The molecule has 0 bridgehead atoms. The number of likely N-dealkylation sites (N-methyl/N-ethyl adjacent to an activating group) is 1. The summed E-state index contributed by atoms with van der Waals surface area (Å²) in [7, 11) is 5.81. The van der Waals surface area contributed by atoms with Gasteiger partial charge in [0.1, 0.15) is 6.54 Å². The van der Waals surface area contributed by atoms with E-state index in [0.29, 0.717) is 17.4 Å². The number of hydrogen-bond acceptors (Lipinski definition) is 3. The van der Waals surface area contributed by atoms with E-state index in [2.05, 4.69) is 0 Å². The van der Waals surface area contributed by atoms with Crippen LogP contribution in [-0.2, 0) is 14.3 Å². The Labute approximate surface area is 103 Å². The summed E-state index contributed by atoms with van der Waals surface area (Å²) in [5, 5.41) is 8.79. The van der Waals surface area contributed by atoms with Gasteiger partial charge in [-0.25, -0.2) is 0 Å². The Bertz CT molecular complexity index is 270. The summed E-state index contributed by atoms with van der Waals surface area (Å²) in [6.07, 6.45) is -0.00487. The van der Waals surface area contributed by atoms with Crippen molar-refractivity contribution in [2.75, 3.05) is 27.7 Å². The average Bonchev–Trinajstić information content (AvgIpc) is 2.12. The molecule has 0 rings (SSSR count). The van der Waals surface area contributed by atoms with Gasteiger partial charge in [0.05, 0.1) is 33.5 Å². The van der Waals surface area contributed by atoms with Gasteiger partial charge < -0.3 is 14.3 Å². The highest BCUT2D eigenvalue weighted by atomic mass is 16.5. The fraction of sp³-hybridized carbons (Fsp3) is 0.833. The Balaban J connectivity index is 4.48. The van der Waals surface area contributed by atoms with Crippen molar-refractivity contribution < 1.29 is 23.9 Å². The van der Waals surface area contributed by atoms with E-state index in [1.807, 2.05) is 28.1 Å². The lowest BCUT2D eigenvalue weighted by atomic mass is 10.1. The molecule has 0 fully saturated rings. The minimum atomic E-state index is -0.944. The van der Waals surface area contributed by atoms with Crippen LogP contribution in [0, 0.1) is 5.92 Å². The van der Waals surface area contributed by atoms with Crippen LogP contribution in [-0.4, -0.2) is 55.3 Å². The molecule has 0 aliphatic rings. The number of carbonyl (C=O) groups is 2. The van der Waals surface area contributed by atoms with Crippen LogP contribution >= 0.6 is 0 Å². The first-order valence-corrected chi connectivity index (χ1v) is 5.88. The number of ether oxygens (including phenoxy) is 1. The van der Waals surface area contributed by atoms with Gasteiger partial charge in [-0.1, -0.05) is 13.8 Å². The summed E-state index contributed by atoms with van der Waals surface area (Å²) in [4.78, 5) is 22.3. The van der Waals surface area contributed by atoms with E-state index < -0.39 is 12.1 Å². The lowest BCUT2D eigenvalue weighted by molar-refractivity contribution is -0.873. The maximum absolute atomic E-state index is 11.6. The molecular formula is C12H24NO4+. The van der Waals surface area contributed by atoms with Gasteiger partial charge in [0.15, 0.2) is 6.10 Å². The Morgan fingerprint density at radius 2 is 1.82 bits per heavy atom. The number of carbonyl (C=O) groups excluding carboxylic acids is 1. The Kier molecular flexibility index (Phi) is 6.16. The molecule has 0 aliphatic carbocycles. The molecule has 0 unspecified atom stereocenters. The normalized spacial score (nSPS) is 15.1. The maximum Gasteiger partial charge on any atom is 0.309 e. The van der Waals surface area contributed by atoms with Gasteiger partial charge in [0, 0.05) is 0 Å². The zero-order chi connectivity index (χ0) is 13.6. The zero-order valence-corrected chi connectivity index (χ0v) is 11.4. The number of aliphatic carboxylic acids is 1. The van der Waals surface area contributed by atoms with Crippen molar-refractivity contribution in [2.24, 2.45) is 5.92 Å². The Morgan fingerprint density at radius 1 is 1.29 bits per heavy atom. The number of carboxylic acid groups (broad SMARTS) is 1. The zero-order valence-electron chi connectivity index (χ0n) is 11.4. The van der Waals surface area contributed by atoms with Gasteiger partial charge in [-0.05, 0) is 6.42 Å². The van der Waals surface area contributed by atoms with E-state index in [4.69, 9.17) is 9.84 Å². The van der Waals surface area contributed by atoms with E-state index in [1.54, 1.807) is 6.92 Å². The molecule has 0 saturated heterocycles. The molecule has 100 valence electrons. The lowest BCUT2D eigenvalue weighted by Crippen LogP contribution is -2.44. The van der Waals surface area contributed by atoms with Crippen LogP contribution in [0.4, 0.5) is 0 Å². The molecule has 0 aromatic rings. The van der Waals surface area contributed by atoms with Crippen molar-refractivity contribution >= 4 is 11.9 Å². The first-order chi connectivity index (χ1) is 7.65. The third-order valence-electron chi connectivity index (χ3n) is 2.45. The third-order valence-corrected chi connectivity index (χ3v) is 2.45. The number of carboxylic acids is 1. The van der Waals surface area contributed by atoms with Gasteiger partial charge in [-0.15, -0.1) is 0 Å². The van der Waals surface area contributed by atoms with E-state index in [-0.39, 0.29) is 18.3 Å². The molecule has 5 heteroatoms. The average molecular weight is 246 g/mol. The highest BCUT2D eigenvalue weighted by Gasteiger charge is 2.26. The second-order valence-electron chi connectivity index (χ2n) is 5.44. The van der Waals surface area contributed by atoms with Crippen molar-refractivity contribution in [3.05, 3.63) is 0 Å². The largest absolute Gasteiger partial charge is 0.481 e. The summed E-state index contributed by atoms with van der Waals surface area (Å²) in [6.45, 7) is 4.18. The van der Waals surface area contributed by atoms with Crippen LogP contribution in [0.2, 0.25) is 0 Å². The van der Waals surface area contributed by atoms with E-state index in [0.717, 1.165) is 0 Å². The van der Waals surface area contributed by atoms with Crippen LogP contribution in [0.1, 0.15) is 26.7 Å². The molecule has 0 aliphatic heterocycles. The second-order valence-corrected chi connectivity index (χ2v) is 5.44. The van der Waals surface area contributed by atoms with E-state index >= 15 is 0 Å². The highest BCUT2D eigenvalue weighted by molar-refractivity contribution is 5.73. The first kappa shape index (κ1) is 15.9. The molecule has 0 spiro atoms. The first-order valence-electron chi connectivity index (χ1n) is 5.88. The summed E-state index contributed by atoms with van der Waals surface area (Å²) in [5.74, 6) is -1.44. The molecule has 0 saturated carbocycles. The molecule has 0 radical (unpaired) electrons. The van der Waals surface area contributed by atoms with E-state index in [9.17, 15) is 9.59 Å². The number of nitrogens with zero attached hydrogens (tertiary/aromatic N) is 1. The molecule has 0 amide bonds. The van der Waals surface area contributed by atoms with E-state index in [1.165, 1.54) is 0 Å². The van der Waals surface area contributed by atoms with Crippen LogP contribution in [0.25, 0.3) is 0 Å². The molecule has 5 nitrogen and oxygen atoms in total. The Morgan fingerprint density at radius 3 is 2.18 bits per heavy atom. The smallest absolute Gasteiger partial charge is 0.309 e. The Hall–Kier alpha value is -1.10. The fourth-order valence-electron chi connectivity index (χ4n) is 1.40. The van der Waals surface area contributed by atoms with Gasteiger partial charge >= 0.3 is 11.9 Å². The van der Waals surface area contributed by atoms with Crippen molar-refractivity contribution in [3.63, 3.8) is 0 Å². The van der Waals surface area contributed by atoms with Gasteiger partial charge in [-0.3, -0.25) is 9.59 Å². The summed E-state index contributed by atoms with van der Waals surface area (Å²) < 4.78 is 5.82. The molecule has 0 aromatic heterocycles. The van der Waals surface area contributed by atoms with Gasteiger partial charge in [0.25, 0.3) is 0 Å². The van der Waals surface area contributed by atoms with Crippen molar-refractivity contribution in [2.45, 2.75) is 32.8 Å². The molecule has 2 atom stereocenters. The number of rotatable bonds is 7. The predicted molar refractivity (Wildman–Crippen MR) is 64.5 cm³/mol. The molecule has 0 aromatic carbocycles. The van der Waals surface area contributed by atoms with Crippen molar-refractivity contribution in [1.82, 2.24) is 0 Å². The number of hydrogen-bond donors (Lipinski definition) is 1. The van der Waals surface area contributed by atoms with Gasteiger partial charge in [-0.2, -0.15) is 0 Å². The van der Waals surface area contributed by atoms with Crippen LogP contribution in [0.3, 0.4) is 0 Å². The standard InChI is InChI=1S/C12H23NO4/c1-6-9(2)12(16)17-10(7-11(14)15)8-13(3,4)5/h9-10H,6-8H2,1-5H3/p+1/t9-,10+/m1/s1. The number of quaternary nitrogens is 1. The lowest BCUT2D eigenvalue weighted by Gasteiger charge is -2.28. The quantitative estimate of drug-likeness (QED) is 0.540. The topological polar surface area (TPSA) is 63.6 Å². The second kappa shape index (κ2) is 6.59. The fourth-order valence-corrected chi connectivity index (χ4v) is 1.40. The monoisotopic (exact) mass is 246 g/mol. The van der Waals surface area contributed by atoms with Crippen LogP contribution in [0.5, 0.6) is 0 Å².